The SMILES string of the molecule is Cc1nc(Cl)cc(NC2(C(F)(F)F)CC2)n1. The van der Waals surface area contributed by atoms with E-state index in [-0.39, 0.29) is 23.8 Å². The predicted molar refractivity (Wildman–Crippen MR) is 53.4 cm³/mol. The maximum Gasteiger partial charge on any atom is 0.411 e. The molecule has 0 aliphatic heterocycles. The number of hydrogen-bond acceptors (Lipinski definition) is 3. The van der Waals surface area contributed by atoms with Crippen LogP contribution in [0.15, 0.2) is 6.07 Å². The molecule has 1 aromatic heterocycles. The minimum Gasteiger partial charge on any atom is -0.356 e. The minimum atomic E-state index is -4.27. The minimum absolute atomic E-state index is 0.0666. The van der Waals surface area contributed by atoms with Crippen molar-refractivity contribution >= 4 is 17.4 Å². The third kappa shape index (κ3) is 2.07. The van der Waals surface area contributed by atoms with Gasteiger partial charge in [-0.1, -0.05) is 11.6 Å². The van der Waals surface area contributed by atoms with E-state index in [4.69, 9.17) is 11.6 Å². The molecule has 1 saturated carbocycles. The van der Waals surface area contributed by atoms with Crippen molar-refractivity contribution in [1.29, 1.82) is 0 Å². The molecule has 1 heterocycles. The number of hydrogen-bond donors (Lipinski definition) is 1. The maximum atomic E-state index is 12.6. The van der Waals surface area contributed by atoms with E-state index in [9.17, 15) is 13.2 Å². The first kappa shape index (κ1) is 11.4. The summed E-state index contributed by atoms with van der Waals surface area (Å²) in [6, 6.07) is 1.29. The van der Waals surface area contributed by atoms with Gasteiger partial charge >= 0.3 is 6.18 Å². The zero-order chi connectivity index (χ0) is 12.0. The van der Waals surface area contributed by atoms with Crippen LogP contribution in [-0.4, -0.2) is 21.7 Å². The van der Waals surface area contributed by atoms with Gasteiger partial charge in [-0.3, -0.25) is 0 Å². The van der Waals surface area contributed by atoms with E-state index < -0.39 is 11.7 Å². The van der Waals surface area contributed by atoms with E-state index in [0.717, 1.165) is 0 Å². The third-order valence-electron chi connectivity index (χ3n) is 2.47. The van der Waals surface area contributed by atoms with Crippen molar-refractivity contribution in [2.75, 3.05) is 5.32 Å². The van der Waals surface area contributed by atoms with Gasteiger partial charge in [0, 0.05) is 6.07 Å². The fraction of sp³-hybridized carbons (Fsp3) is 0.556. The molecular weight excluding hydrogens is 243 g/mol. The van der Waals surface area contributed by atoms with Gasteiger partial charge in [0.05, 0.1) is 0 Å². The van der Waals surface area contributed by atoms with Crippen LogP contribution in [0.4, 0.5) is 19.0 Å². The summed E-state index contributed by atoms with van der Waals surface area (Å²) in [5, 5.41) is 2.52. The molecule has 16 heavy (non-hydrogen) atoms. The summed E-state index contributed by atoms with van der Waals surface area (Å²) in [6.45, 7) is 1.57. The highest BCUT2D eigenvalue weighted by Crippen LogP contribution is 2.50. The molecule has 1 N–H and O–H groups in total. The average Bonchev–Trinajstić information content (AvgIpc) is 2.81. The van der Waals surface area contributed by atoms with Gasteiger partial charge in [0.2, 0.25) is 0 Å². The van der Waals surface area contributed by atoms with Crippen LogP contribution in [0.1, 0.15) is 18.7 Å². The highest BCUT2D eigenvalue weighted by atomic mass is 35.5. The standard InChI is InChI=1S/C9H9ClF3N3/c1-5-14-6(10)4-7(15-5)16-8(2-3-8)9(11,12)13/h4H,2-3H2,1H3,(H,14,15,16). The van der Waals surface area contributed by atoms with Gasteiger partial charge < -0.3 is 5.32 Å². The Bertz CT molecular complexity index is 395. The summed E-state index contributed by atoms with van der Waals surface area (Å²) in [5.41, 5.74) is -1.82. The number of nitrogens with one attached hydrogen (secondary N) is 1. The first-order chi connectivity index (χ1) is 7.32. The highest BCUT2D eigenvalue weighted by Gasteiger charge is 2.63. The van der Waals surface area contributed by atoms with Crippen LogP contribution in [0.2, 0.25) is 5.15 Å². The first-order valence-corrected chi connectivity index (χ1v) is 5.06. The summed E-state index contributed by atoms with van der Waals surface area (Å²) in [7, 11) is 0. The molecule has 1 fully saturated rings. The Morgan fingerprint density at radius 1 is 1.38 bits per heavy atom. The average molecular weight is 252 g/mol. The zero-order valence-corrected chi connectivity index (χ0v) is 9.15. The fourth-order valence-corrected chi connectivity index (χ4v) is 1.67. The molecule has 3 nitrogen and oxygen atoms in total. The van der Waals surface area contributed by atoms with Gasteiger partial charge in [0.1, 0.15) is 22.3 Å². The van der Waals surface area contributed by atoms with Crippen molar-refractivity contribution in [3.8, 4) is 0 Å². The van der Waals surface area contributed by atoms with Gasteiger partial charge in [-0.2, -0.15) is 13.2 Å². The molecule has 1 aromatic rings. The molecule has 1 aliphatic rings. The van der Waals surface area contributed by atoms with Crippen LogP contribution in [0, 0.1) is 6.92 Å². The van der Waals surface area contributed by atoms with E-state index in [0.29, 0.717) is 5.82 Å². The molecule has 0 saturated heterocycles. The number of alkyl halides is 3. The lowest BCUT2D eigenvalue weighted by Gasteiger charge is -2.21. The number of anilines is 1. The summed E-state index contributed by atoms with van der Waals surface area (Å²) < 4.78 is 37.9. The Balaban J connectivity index is 2.22. The molecule has 0 radical (unpaired) electrons. The van der Waals surface area contributed by atoms with Crippen molar-refractivity contribution in [3.05, 3.63) is 17.0 Å². The Hall–Kier alpha value is -1.04. The topological polar surface area (TPSA) is 37.8 Å². The second-order valence-electron chi connectivity index (χ2n) is 3.83. The molecule has 0 atom stereocenters. The molecule has 0 amide bonds. The molecule has 0 unspecified atom stereocenters. The highest BCUT2D eigenvalue weighted by molar-refractivity contribution is 6.29. The van der Waals surface area contributed by atoms with Crippen molar-refractivity contribution in [2.24, 2.45) is 0 Å². The van der Waals surface area contributed by atoms with Gasteiger partial charge in [0.25, 0.3) is 0 Å². The van der Waals surface area contributed by atoms with E-state index in [1.54, 1.807) is 6.92 Å². The van der Waals surface area contributed by atoms with Crippen LogP contribution < -0.4 is 5.32 Å². The fourth-order valence-electron chi connectivity index (χ4n) is 1.44. The summed E-state index contributed by atoms with van der Waals surface area (Å²) >= 11 is 5.64. The normalized spacial score (nSPS) is 18.3. The number of rotatable bonds is 2. The lowest BCUT2D eigenvalue weighted by Crippen LogP contribution is -2.39. The van der Waals surface area contributed by atoms with E-state index in [1.165, 1.54) is 6.07 Å². The van der Waals surface area contributed by atoms with E-state index in [1.807, 2.05) is 0 Å². The van der Waals surface area contributed by atoms with Gasteiger partial charge in [-0.05, 0) is 19.8 Å². The Morgan fingerprint density at radius 2 is 2.00 bits per heavy atom. The van der Waals surface area contributed by atoms with Crippen LogP contribution in [-0.2, 0) is 0 Å². The van der Waals surface area contributed by atoms with E-state index in [2.05, 4.69) is 15.3 Å². The molecule has 7 heteroatoms. The summed E-state index contributed by atoms with van der Waals surface area (Å²) in [4.78, 5) is 7.65. The molecule has 0 bridgehead atoms. The predicted octanol–water partition coefficient (Wildman–Crippen LogP) is 2.95. The molecule has 0 spiro atoms. The molecule has 1 aliphatic carbocycles. The van der Waals surface area contributed by atoms with Crippen molar-refractivity contribution in [2.45, 2.75) is 31.5 Å². The maximum absolute atomic E-state index is 12.6. The second-order valence-corrected chi connectivity index (χ2v) is 4.22. The zero-order valence-electron chi connectivity index (χ0n) is 8.40. The number of aromatic nitrogens is 2. The summed E-state index contributed by atoms with van der Waals surface area (Å²) in [6.07, 6.45) is -4.13. The number of aryl methyl sites for hydroxylation is 1. The van der Waals surface area contributed by atoms with Crippen molar-refractivity contribution in [3.63, 3.8) is 0 Å². The van der Waals surface area contributed by atoms with Gasteiger partial charge in [-0.15, -0.1) is 0 Å². The monoisotopic (exact) mass is 251 g/mol. The van der Waals surface area contributed by atoms with Crippen LogP contribution >= 0.6 is 11.6 Å². The summed E-state index contributed by atoms with van der Waals surface area (Å²) in [5.74, 6) is 0.459. The molecule has 2 rings (SSSR count). The van der Waals surface area contributed by atoms with Gasteiger partial charge in [-0.25, -0.2) is 9.97 Å². The lowest BCUT2D eigenvalue weighted by molar-refractivity contribution is -0.151. The van der Waals surface area contributed by atoms with Crippen molar-refractivity contribution in [1.82, 2.24) is 9.97 Å². The first-order valence-electron chi connectivity index (χ1n) is 4.68. The molecule has 0 aromatic carbocycles. The Kier molecular flexibility index (Phi) is 2.49. The largest absolute Gasteiger partial charge is 0.411 e. The Labute approximate surface area is 95.0 Å². The third-order valence-corrected chi connectivity index (χ3v) is 2.66. The quantitative estimate of drug-likeness (QED) is 0.822. The molecular formula is C9H9ClF3N3. The van der Waals surface area contributed by atoms with Crippen LogP contribution in [0.5, 0.6) is 0 Å². The van der Waals surface area contributed by atoms with Gasteiger partial charge in [0.15, 0.2) is 0 Å². The lowest BCUT2D eigenvalue weighted by atomic mass is 10.2. The van der Waals surface area contributed by atoms with Crippen molar-refractivity contribution < 1.29 is 13.2 Å². The Morgan fingerprint density at radius 3 is 2.44 bits per heavy atom. The van der Waals surface area contributed by atoms with Crippen LogP contribution in [0.3, 0.4) is 0 Å². The second kappa shape index (κ2) is 3.48. The number of halogens is 4. The van der Waals surface area contributed by atoms with E-state index >= 15 is 0 Å². The smallest absolute Gasteiger partial charge is 0.356 e. The molecule has 88 valence electrons. The number of nitrogens with zero attached hydrogens (tertiary/aromatic N) is 2. The van der Waals surface area contributed by atoms with Crippen LogP contribution in [0.25, 0.3) is 0 Å².